The smallest absolute Gasteiger partial charge is 0.161 e. The monoisotopic (exact) mass is 560 g/mol. The number of nitrogens with zero attached hydrogens (tertiary/aromatic N) is 2. The van der Waals surface area contributed by atoms with Gasteiger partial charge in [0.15, 0.2) is 5.58 Å². The van der Waals surface area contributed by atoms with Crippen molar-refractivity contribution in [3.8, 4) is 44.5 Å². The van der Waals surface area contributed by atoms with Crippen molar-refractivity contribution in [2.24, 2.45) is 0 Å². The van der Waals surface area contributed by atoms with Gasteiger partial charge in [-0.3, -0.25) is 9.97 Å². The molecule has 44 heavy (non-hydrogen) atoms. The maximum Gasteiger partial charge on any atom is 0.161 e. The molecule has 0 bridgehead atoms. The van der Waals surface area contributed by atoms with Gasteiger partial charge < -0.3 is 4.42 Å². The summed E-state index contributed by atoms with van der Waals surface area (Å²) in [6.07, 6.45) is 5.64. The maximum atomic E-state index is 6.45. The number of hydrogen-bond donors (Lipinski definition) is 0. The number of hydrogen-bond acceptors (Lipinski definition) is 3. The Labute approximate surface area is 254 Å². The molecule has 2 aliphatic rings. The van der Waals surface area contributed by atoms with Gasteiger partial charge in [0.2, 0.25) is 0 Å². The molecule has 3 nitrogen and oxygen atoms in total. The first kappa shape index (κ1) is 23.7. The summed E-state index contributed by atoms with van der Waals surface area (Å²) in [5.41, 5.74) is 17.1. The Morgan fingerprint density at radius 2 is 1.07 bits per heavy atom. The van der Waals surface area contributed by atoms with Crippen molar-refractivity contribution in [3.05, 3.63) is 168 Å². The van der Waals surface area contributed by atoms with E-state index in [-0.39, 0.29) is 0 Å². The molecule has 0 atom stereocenters. The molecule has 204 valence electrons. The molecule has 0 unspecified atom stereocenters. The second-order valence-electron chi connectivity index (χ2n) is 11.7. The summed E-state index contributed by atoms with van der Waals surface area (Å²) in [6.45, 7) is 0. The van der Waals surface area contributed by atoms with E-state index in [1.165, 1.54) is 55.6 Å². The zero-order valence-corrected chi connectivity index (χ0v) is 23.7. The van der Waals surface area contributed by atoms with Crippen LogP contribution in [-0.4, -0.2) is 9.97 Å². The summed E-state index contributed by atoms with van der Waals surface area (Å²) in [7, 11) is 0. The summed E-state index contributed by atoms with van der Waals surface area (Å²) in [5, 5.41) is 1.04. The Kier molecular flexibility index (Phi) is 4.65. The fourth-order valence-electron chi connectivity index (χ4n) is 7.86. The van der Waals surface area contributed by atoms with E-state index in [2.05, 4.69) is 114 Å². The lowest BCUT2D eigenvalue weighted by Gasteiger charge is -2.31. The van der Waals surface area contributed by atoms with Gasteiger partial charge in [-0.05, 0) is 104 Å². The van der Waals surface area contributed by atoms with Crippen molar-refractivity contribution in [2.45, 2.75) is 5.41 Å². The van der Waals surface area contributed by atoms with Crippen LogP contribution in [0.2, 0.25) is 0 Å². The molecule has 0 aliphatic heterocycles. The first-order valence-electron chi connectivity index (χ1n) is 15.0. The lowest BCUT2D eigenvalue weighted by Crippen LogP contribution is -2.26. The van der Waals surface area contributed by atoms with Gasteiger partial charge in [0, 0.05) is 29.5 Å². The van der Waals surface area contributed by atoms with E-state index >= 15 is 0 Å². The predicted octanol–water partition coefficient (Wildman–Crippen LogP) is 10.1. The van der Waals surface area contributed by atoms with Crippen LogP contribution in [0.5, 0.6) is 0 Å². The van der Waals surface area contributed by atoms with Crippen LogP contribution in [-0.2, 0) is 5.41 Å². The first-order valence-corrected chi connectivity index (χ1v) is 15.0. The zero-order chi connectivity index (χ0) is 28.8. The molecule has 3 heterocycles. The number of benzene rings is 5. The molecule has 0 saturated heterocycles. The number of aromatic nitrogens is 2. The minimum Gasteiger partial charge on any atom is -0.454 e. The number of para-hydroxylation sites is 1. The molecule has 0 fully saturated rings. The molecule has 8 aromatic rings. The van der Waals surface area contributed by atoms with E-state index < -0.39 is 5.41 Å². The van der Waals surface area contributed by atoms with Crippen molar-refractivity contribution in [1.29, 1.82) is 0 Å². The van der Waals surface area contributed by atoms with Crippen LogP contribution in [0.15, 0.2) is 150 Å². The maximum absolute atomic E-state index is 6.45. The minimum absolute atomic E-state index is 0.447. The van der Waals surface area contributed by atoms with Gasteiger partial charge in [-0.2, -0.15) is 0 Å². The summed E-state index contributed by atoms with van der Waals surface area (Å²) in [5.74, 6) is 0. The van der Waals surface area contributed by atoms with Crippen LogP contribution in [0.25, 0.3) is 66.6 Å². The van der Waals surface area contributed by atoms with Crippen molar-refractivity contribution >= 4 is 22.1 Å². The Morgan fingerprint density at radius 3 is 1.82 bits per heavy atom. The van der Waals surface area contributed by atoms with Crippen LogP contribution in [0.4, 0.5) is 0 Å². The third kappa shape index (κ3) is 2.96. The molecule has 0 saturated carbocycles. The first-order chi connectivity index (χ1) is 21.8. The summed E-state index contributed by atoms with van der Waals surface area (Å²) in [6, 6.07) is 46.2. The molecule has 10 rings (SSSR count). The van der Waals surface area contributed by atoms with Crippen LogP contribution in [0, 0.1) is 0 Å². The highest BCUT2D eigenvalue weighted by Crippen LogP contribution is 2.63. The topological polar surface area (TPSA) is 38.9 Å². The predicted molar refractivity (Wildman–Crippen MR) is 176 cm³/mol. The number of pyridine rings is 2. The van der Waals surface area contributed by atoms with E-state index in [1.807, 2.05) is 36.8 Å². The molecule has 0 radical (unpaired) electrons. The van der Waals surface area contributed by atoms with Gasteiger partial charge in [-0.25, -0.2) is 0 Å². The highest BCUT2D eigenvalue weighted by molar-refractivity contribution is 6.07. The molecule has 3 aromatic heterocycles. The fourth-order valence-corrected chi connectivity index (χ4v) is 7.86. The van der Waals surface area contributed by atoms with E-state index in [0.29, 0.717) is 0 Å². The summed E-state index contributed by atoms with van der Waals surface area (Å²) >= 11 is 0. The molecule has 3 heteroatoms. The molecule has 0 N–H and O–H groups in total. The quantitative estimate of drug-likeness (QED) is 0.211. The van der Waals surface area contributed by atoms with E-state index in [9.17, 15) is 0 Å². The normalized spacial score (nSPS) is 13.6. The average molecular weight is 561 g/mol. The largest absolute Gasteiger partial charge is 0.454 e. The van der Waals surface area contributed by atoms with Gasteiger partial charge >= 0.3 is 0 Å². The van der Waals surface area contributed by atoms with Crippen molar-refractivity contribution < 1.29 is 4.42 Å². The van der Waals surface area contributed by atoms with Gasteiger partial charge in [-0.15, -0.1) is 0 Å². The third-order valence-electron chi connectivity index (χ3n) is 9.67. The summed E-state index contributed by atoms with van der Waals surface area (Å²) in [4.78, 5) is 9.00. The van der Waals surface area contributed by atoms with Crippen LogP contribution >= 0.6 is 0 Å². The Balaban J connectivity index is 1.30. The summed E-state index contributed by atoms with van der Waals surface area (Å²) < 4.78 is 6.45. The van der Waals surface area contributed by atoms with Gasteiger partial charge in [-0.1, -0.05) is 84.9 Å². The zero-order valence-electron chi connectivity index (χ0n) is 23.7. The molecule has 0 amide bonds. The van der Waals surface area contributed by atoms with Crippen LogP contribution in [0.3, 0.4) is 0 Å². The lowest BCUT2D eigenvalue weighted by molar-refractivity contribution is 0.669. The fraction of sp³-hybridized carbons (Fsp3) is 0.0244. The SMILES string of the molecule is c1ccc2c(c1)-c1ccccc1C21c2cc(-c3ccncc3)ccc2-c2ccc(-c3ccnc4c3oc3ccccc34)cc21. The standard InChI is InChI=1S/C41H24N2O/c1-4-10-34-29(7-1)30-8-2-5-11-35(30)41(34)36-23-26(25-17-20-42-21-18-25)13-15-31(36)32-16-14-27(24-37(32)41)28-19-22-43-39-33-9-3-6-12-38(33)44-40(28)39/h1-24H. The second kappa shape index (κ2) is 8.62. The van der Waals surface area contributed by atoms with E-state index in [0.717, 1.165) is 33.2 Å². The molecule has 5 aromatic carbocycles. The van der Waals surface area contributed by atoms with Crippen molar-refractivity contribution in [3.63, 3.8) is 0 Å². The molecule has 1 spiro atoms. The van der Waals surface area contributed by atoms with Crippen molar-refractivity contribution in [1.82, 2.24) is 9.97 Å². The highest BCUT2D eigenvalue weighted by Gasteiger charge is 2.51. The van der Waals surface area contributed by atoms with Gasteiger partial charge in [0.05, 0.1) is 5.41 Å². The van der Waals surface area contributed by atoms with Gasteiger partial charge in [0.1, 0.15) is 11.1 Å². The third-order valence-corrected chi connectivity index (χ3v) is 9.67. The Morgan fingerprint density at radius 1 is 0.455 bits per heavy atom. The average Bonchev–Trinajstić information content (AvgIpc) is 3.72. The molecular weight excluding hydrogens is 536 g/mol. The van der Waals surface area contributed by atoms with Gasteiger partial charge in [0.25, 0.3) is 0 Å². The second-order valence-corrected chi connectivity index (χ2v) is 11.7. The van der Waals surface area contributed by atoms with Crippen LogP contribution < -0.4 is 0 Å². The lowest BCUT2D eigenvalue weighted by atomic mass is 9.70. The minimum atomic E-state index is -0.447. The number of fused-ring (bicyclic) bond motifs is 13. The van der Waals surface area contributed by atoms with Crippen LogP contribution in [0.1, 0.15) is 22.3 Å². The van der Waals surface area contributed by atoms with E-state index in [1.54, 1.807) is 0 Å². The number of furan rings is 1. The number of rotatable bonds is 2. The molecular formula is C41H24N2O. The Bertz CT molecular complexity index is 2410. The van der Waals surface area contributed by atoms with Crippen molar-refractivity contribution in [2.75, 3.05) is 0 Å². The highest BCUT2D eigenvalue weighted by atomic mass is 16.3. The van der Waals surface area contributed by atoms with E-state index in [4.69, 9.17) is 9.40 Å². The molecule has 2 aliphatic carbocycles. The Hall–Kier alpha value is -5.80.